The molecule has 1 atom stereocenters. The molecule has 0 unspecified atom stereocenters. The van der Waals surface area contributed by atoms with Crippen molar-refractivity contribution >= 4 is 22.6 Å². The highest BCUT2D eigenvalue weighted by atomic mass is 16.5. The third-order valence-corrected chi connectivity index (χ3v) is 5.84. The first-order chi connectivity index (χ1) is 14.6. The zero-order valence-electron chi connectivity index (χ0n) is 18.1. The molecular weight excluding hydrogens is 400 g/mol. The second-order valence-corrected chi connectivity index (χ2v) is 7.89. The molecule has 3 heterocycles. The Bertz CT molecular complexity index is 1410. The average Bonchev–Trinajstić information content (AvgIpc) is 2.76. The quantitative estimate of drug-likeness (QED) is 0.613. The number of hydrogen-bond donors (Lipinski definition) is 0. The van der Waals surface area contributed by atoms with Gasteiger partial charge in [0, 0.05) is 27.2 Å². The van der Waals surface area contributed by atoms with Crippen LogP contribution in [-0.2, 0) is 21.1 Å². The molecule has 4 rings (SSSR count). The minimum absolute atomic E-state index is 0.0292. The monoisotopic (exact) mass is 424 g/mol. The molecule has 0 saturated carbocycles. The van der Waals surface area contributed by atoms with Crippen molar-refractivity contribution in [2.75, 3.05) is 11.4 Å². The largest absolute Gasteiger partial charge is 0.486 e. The van der Waals surface area contributed by atoms with Gasteiger partial charge in [0.2, 0.25) is 0 Å². The van der Waals surface area contributed by atoms with E-state index in [1.807, 2.05) is 32.0 Å². The molecule has 0 aliphatic carbocycles. The number of amides is 1. The Morgan fingerprint density at radius 1 is 1.06 bits per heavy atom. The highest BCUT2D eigenvalue weighted by Gasteiger charge is 2.32. The minimum atomic E-state index is -0.623. The molecule has 0 N–H and O–H groups in total. The molecule has 1 aliphatic rings. The van der Waals surface area contributed by atoms with Crippen LogP contribution in [0.4, 0.5) is 5.69 Å². The number of anilines is 1. The van der Waals surface area contributed by atoms with Gasteiger partial charge in [-0.2, -0.15) is 0 Å². The topological polar surface area (TPSA) is 95.5 Å². The summed E-state index contributed by atoms with van der Waals surface area (Å²) in [7, 11) is 4.29. The van der Waals surface area contributed by atoms with Crippen LogP contribution in [0.15, 0.2) is 38.6 Å². The molecule has 0 saturated heterocycles. The smallest absolute Gasteiger partial charge is 0.332 e. The van der Waals surface area contributed by atoms with Crippen molar-refractivity contribution in [2.24, 2.45) is 21.1 Å². The Morgan fingerprint density at radius 3 is 2.45 bits per heavy atom. The molecule has 162 valence electrons. The standard InChI is InChI=1S/C22H24N4O5/c1-6-13-11-26(15-9-12(2)7-8-16(15)31-13)20(28)14-10-17(27)23(3)19-18(14)21(29)25(5)22(30)24(19)4/h7-10,13H,6,11H2,1-5H3/t13-/m0/s1. The van der Waals surface area contributed by atoms with Crippen LogP contribution in [-0.4, -0.2) is 32.3 Å². The van der Waals surface area contributed by atoms with E-state index in [0.29, 0.717) is 17.9 Å². The maximum atomic E-state index is 13.8. The first-order valence-electron chi connectivity index (χ1n) is 10.0. The number of rotatable bonds is 2. The number of carbonyl (C=O) groups is 1. The summed E-state index contributed by atoms with van der Waals surface area (Å²) in [4.78, 5) is 53.4. The average molecular weight is 424 g/mol. The molecule has 3 aromatic rings. The number of aromatic nitrogens is 3. The highest BCUT2D eigenvalue weighted by molar-refractivity contribution is 6.13. The molecule has 0 fully saturated rings. The van der Waals surface area contributed by atoms with Gasteiger partial charge in [-0.25, -0.2) is 4.79 Å². The number of benzene rings is 1. The SMILES string of the molecule is CC[C@H]1CN(C(=O)c2cc(=O)n(C)c3c2c(=O)n(C)c(=O)n3C)c2cc(C)ccc2O1. The molecule has 0 radical (unpaired) electrons. The lowest BCUT2D eigenvalue weighted by Crippen LogP contribution is -2.45. The summed E-state index contributed by atoms with van der Waals surface area (Å²) < 4.78 is 9.35. The first-order valence-corrected chi connectivity index (χ1v) is 10.0. The van der Waals surface area contributed by atoms with E-state index in [9.17, 15) is 19.2 Å². The van der Waals surface area contributed by atoms with Crippen molar-refractivity contribution in [3.05, 3.63) is 66.6 Å². The van der Waals surface area contributed by atoms with E-state index in [2.05, 4.69) is 0 Å². The van der Waals surface area contributed by atoms with Crippen LogP contribution >= 0.6 is 0 Å². The van der Waals surface area contributed by atoms with Gasteiger partial charge in [-0.3, -0.25) is 28.1 Å². The van der Waals surface area contributed by atoms with E-state index >= 15 is 0 Å². The molecule has 2 aromatic heterocycles. The minimum Gasteiger partial charge on any atom is -0.486 e. The molecule has 31 heavy (non-hydrogen) atoms. The lowest BCUT2D eigenvalue weighted by Gasteiger charge is -2.35. The third-order valence-electron chi connectivity index (χ3n) is 5.84. The fraction of sp³-hybridized carbons (Fsp3) is 0.364. The Hall–Kier alpha value is -3.62. The number of ether oxygens (including phenoxy) is 1. The molecule has 1 aromatic carbocycles. The summed E-state index contributed by atoms with van der Waals surface area (Å²) >= 11 is 0. The van der Waals surface area contributed by atoms with Crippen LogP contribution in [0.5, 0.6) is 5.75 Å². The summed E-state index contributed by atoms with van der Waals surface area (Å²) in [5.41, 5.74) is -0.0687. The van der Waals surface area contributed by atoms with E-state index < -0.39 is 22.7 Å². The van der Waals surface area contributed by atoms with Crippen LogP contribution in [0.2, 0.25) is 0 Å². The predicted octanol–water partition coefficient (Wildman–Crippen LogP) is 1.06. The fourth-order valence-corrected chi connectivity index (χ4v) is 4.03. The zero-order chi connectivity index (χ0) is 22.6. The van der Waals surface area contributed by atoms with Gasteiger partial charge in [0.25, 0.3) is 17.0 Å². The molecule has 9 heteroatoms. The van der Waals surface area contributed by atoms with Gasteiger partial charge in [-0.15, -0.1) is 0 Å². The summed E-state index contributed by atoms with van der Waals surface area (Å²) in [6.45, 7) is 4.16. The molecule has 1 aliphatic heterocycles. The number of pyridine rings is 1. The number of carbonyl (C=O) groups excluding carboxylic acids is 1. The van der Waals surface area contributed by atoms with Crippen molar-refractivity contribution in [1.29, 1.82) is 0 Å². The van der Waals surface area contributed by atoms with Crippen LogP contribution in [0.25, 0.3) is 11.0 Å². The van der Waals surface area contributed by atoms with Crippen LogP contribution in [0.1, 0.15) is 29.3 Å². The summed E-state index contributed by atoms with van der Waals surface area (Å²) in [5.74, 6) is 0.0949. The number of nitrogens with zero attached hydrogens (tertiary/aromatic N) is 4. The Balaban J connectivity index is 2.03. The number of aryl methyl sites for hydroxylation is 3. The third kappa shape index (κ3) is 3.08. The normalized spacial score (nSPS) is 15.6. The van der Waals surface area contributed by atoms with E-state index in [1.165, 1.54) is 36.3 Å². The van der Waals surface area contributed by atoms with E-state index in [-0.39, 0.29) is 29.2 Å². The summed E-state index contributed by atoms with van der Waals surface area (Å²) in [6, 6.07) is 6.73. The van der Waals surface area contributed by atoms with Crippen molar-refractivity contribution in [3.8, 4) is 5.75 Å². The van der Waals surface area contributed by atoms with Gasteiger partial charge in [0.1, 0.15) is 17.5 Å². The summed E-state index contributed by atoms with van der Waals surface area (Å²) in [6.07, 6.45) is 0.467. The maximum Gasteiger partial charge on any atom is 0.332 e. The van der Waals surface area contributed by atoms with E-state index in [1.54, 1.807) is 4.90 Å². The van der Waals surface area contributed by atoms with Crippen LogP contribution in [0, 0.1) is 6.92 Å². The lowest BCUT2D eigenvalue weighted by molar-refractivity contribution is 0.0955. The Morgan fingerprint density at radius 2 is 1.77 bits per heavy atom. The van der Waals surface area contributed by atoms with Crippen molar-refractivity contribution in [3.63, 3.8) is 0 Å². The van der Waals surface area contributed by atoms with Crippen LogP contribution < -0.4 is 26.4 Å². The predicted molar refractivity (Wildman–Crippen MR) is 117 cm³/mol. The van der Waals surface area contributed by atoms with E-state index in [0.717, 1.165) is 10.1 Å². The molecule has 0 bridgehead atoms. The van der Waals surface area contributed by atoms with Crippen molar-refractivity contribution < 1.29 is 9.53 Å². The van der Waals surface area contributed by atoms with Crippen LogP contribution in [0.3, 0.4) is 0 Å². The Labute approximate surface area is 177 Å². The zero-order valence-corrected chi connectivity index (χ0v) is 18.1. The van der Waals surface area contributed by atoms with Crippen molar-refractivity contribution in [2.45, 2.75) is 26.4 Å². The molecular formula is C22H24N4O5. The second kappa shape index (κ2) is 7.26. The van der Waals surface area contributed by atoms with Crippen molar-refractivity contribution in [1.82, 2.24) is 13.7 Å². The van der Waals surface area contributed by atoms with Gasteiger partial charge in [-0.1, -0.05) is 13.0 Å². The van der Waals surface area contributed by atoms with Gasteiger partial charge in [0.15, 0.2) is 0 Å². The van der Waals surface area contributed by atoms with Gasteiger partial charge in [0.05, 0.1) is 23.2 Å². The molecule has 1 amide bonds. The number of fused-ring (bicyclic) bond motifs is 2. The Kier molecular flexibility index (Phi) is 4.83. The summed E-state index contributed by atoms with van der Waals surface area (Å²) in [5, 5.41) is 0.0328. The lowest BCUT2D eigenvalue weighted by atomic mass is 10.1. The highest BCUT2D eigenvalue weighted by Crippen LogP contribution is 2.36. The second-order valence-electron chi connectivity index (χ2n) is 7.89. The number of hydrogen-bond acceptors (Lipinski definition) is 5. The van der Waals surface area contributed by atoms with Gasteiger partial charge < -0.3 is 9.64 Å². The first kappa shape index (κ1) is 20.6. The fourth-order valence-electron chi connectivity index (χ4n) is 4.03. The van der Waals surface area contributed by atoms with E-state index in [4.69, 9.17) is 4.74 Å². The van der Waals surface area contributed by atoms with Gasteiger partial charge in [-0.05, 0) is 31.0 Å². The molecule has 0 spiro atoms. The van der Waals surface area contributed by atoms with Gasteiger partial charge >= 0.3 is 5.69 Å². The molecule has 9 nitrogen and oxygen atoms in total. The maximum absolute atomic E-state index is 13.8.